The second-order valence-corrected chi connectivity index (χ2v) is 10.5. The zero-order valence-corrected chi connectivity index (χ0v) is 24.6. The smallest absolute Gasteiger partial charge is 0.267 e. The summed E-state index contributed by atoms with van der Waals surface area (Å²) in [5, 5.41) is 0. The average Bonchev–Trinajstić information content (AvgIpc) is 3.64. The maximum atomic E-state index is 15.0. The van der Waals surface area contributed by atoms with Crippen molar-refractivity contribution in [2.45, 2.75) is 20.0 Å². The first-order valence-electron chi connectivity index (χ1n) is 14.0. The topological polar surface area (TPSA) is 79.5 Å². The summed E-state index contributed by atoms with van der Waals surface area (Å²) in [6, 6.07) is 19.7. The van der Waals surface area contributed by atoms with Crippen LogP contribution in [0.5, 0.6) is 17.2 Å². The Kier molecular flexibility index (Phi) is 7.88. The highest BCUT2D eigenvalue weighted by atomic mass is 19.1. The number of hydrogen-bond donors (Lipinski definition) is 0. The molecule has 43 heavy (non-hydrogen) atoms. The molecular weight excluding hydrogens is 551 g/mol. The zero-order chi connectivity index (χ0) is 30.1. The van der Waals surface area contributed by atoms with Crippen molar-refractivity contribution >= 4 is 5.78 Å². The number of nitrogens with zero attached hydrogens (tertiary/aromatic N) is 4. The molecule has 1 aliphatic heterocycles. The van der Waals surface area contributed by atoms with Crippen LogP contribution < -0.4 is 19.8 Å². The molecule has 0 aliphatic carbocycles. The van der Waals surface area contributed by atoms with Gasteiger partial charge in [-0.3, -0.25) is 9.69 Å². The van der Waals surface area contributed by atoms with Crippen LogP contribution in [-0.4, -0.2) is 60.1 Å². The minimum absolute atomic E-state index is 0.124. The quantitative estimate of drug-likeness (QED) is 0.225. The molecule has 0 atom stereocenters. The Bertz CT molecular complexity index is 1850. The van der Waals surface area contributed by atoms with Crippen LogP contribution in [0.4, 0.5) is 4.39 Å². The lowest BCUT2D eigenvalue weighted by Crippen LogP contribution is -2.28. The van der Waals surface area contributed by atoms with E-state index in [-0.39, 0.29) is 24.7 Å². The maximum Gasteiger partial charge on any atom is 0.267 e. The molecule has 0 saturated carbocycles. The second kappa shape index (κ2) is 11.9. The fourth-order valence-electron chi connectivity index (χ4n) is 5.47. The molecule has 0 fully saturated rings. The molecule has 0 amide bonds. The van der Waals surface area contributed by atoms with E-state index < -0.39 is 0 Å². The summed E-state index contributed by atoms with van der Waals surface area (Å²) in [4.78, 5) is 21.7. The molecule has 3 aromatic carbocycles. The third-order valence-electron chi connectivity index (χ3n) is 7.79. The Morgan fingerprint density at radius 1 is 1.00 bits per heavy atom. The van der Waals surface area contributed by atoms with E-state index in [2.05, 4.69) is 4.90 Å². The molecule has 5 aromatic rings. The van der Waals surface area contributed by atoms with E-state index in [0.717, 1.165) is 5.56 Å². The number of halogens is 1. The number of likely N-dealkylation sites (N-methyl/N-ethyl adjacent to an activating group) is 1. The Morgan fingerprint density at radius 2 is 1.74 bits per heavy atom. The molecule has 0 unspecified atom stereocenters. The van der Waals surface area contributed by atoms with E-state index in [0.29, 0.717) is 76.5 Å². The van der Waals surface area contributed by atoms with Gasteiger partial charge in [-0.25, -0.2) is 13.8 Å². The standard InChI is InChI=1S/C33H33FN4O5/c1-21-30(23-11-14-28-29(17-23)43-20-42-28)32(39)38-27(19-36(2)15-16-40-3)31(22-9-12-25(41-4)13-10-22)35-33(38)37(21)18-24-7-5-6-8-26(24)34/h5-14,17H,15-16,18-20H2,1-4H3. The number of benzene rings is 3. The first kappa shape index (κ1) is 28.4. The van der Waals surface area contributed by atoms with Gasteiger partial charge in [0, 0.05) is 37.0 Å². The first-order valence-corrected chi connectivity index (χ1v) is 14.0. The van der Waals surface area contributed by atoms with Gasteiger partial charge in [0.15, 0.2) is 11.5 Å². The van der Waals surface area contributed by atoms with Crippen LogP contribution in [0.2, 0.25) is 0 Å². The minimum atomic E-state index is -0.329. The van der Waals surface area contributed by atoms with E-state index >= 15 is 4.39 Å². The van der Waals surface area contributed by atoms with Crippen LogP contribution in [0, 0.1) is 12.7 Å². The van der Waals surface area contributed by atoms with Crippen molar-refractivity contribution in [1.29, 1.82) is 0 Å². The number of rotatable bonds is 10. The third kappa shape index (κ3) is 5.35. The molecule has 0 radical (unpaired) electrons. The van der Waals surface area contributed by atoms with E-state index in [9.17, 15) is 4.79 Å². The summed E-state index contributed by atoms with van der Waals surface area (Å²) in [6.07, 6.45) is 0. The Hall–Kier alpha value is -4.67. The van der Waals surface area contributed by atoms with Gasteiger partial charge in [0.1, 0.15) is 11.6 Å². The van der Waals surface area contributed by atoms with Gasteiger partial charge in [0.25, 0.3) is 5.56 Å². The van der Waals surface area contributed by atoms with Gasteiger partial charge in [0.05, 0.1) is 37.2 Å². The number of fused-ring (bicyclic) bond motifs is 2. The lowest BCUT2D eigenvalue weighted by molar-refractivity contribution is 0.158. The largest absolute Gasteiger partial charge is 0.497 e. The van der Waals surface area contributed by atoms with Crippen molar-refractivity contribution in [1.82, 2.24) is 18.9 Å². The van der Waals surface area contributed by atoms with Gasteiger partial charge in [-0.15, -0.1) is 0 Å². The van der Waals surface area contributed by atoms with Crippen LogP contribution in [0.1, 0.15) is 17.0 Å². The molecule has 0 spiro atoms. The summed E-state index contributed by atoms with van der Waals surface area (Å²) in [7, 11) is 5.25. The third-order valence-corrected chi connectivity index (χ3v) is 7.79. The van der Waals surface area contributed by atoms with Crippen molar-refractivity contribution in [3.05, 3.63) is 99.9 Å². The second-order valence-electron chi connectivity index (χ2n) is 10.5. The molecule has 10 heteroatoms. The number of ether oxygens (including phenoxy) is 4. The predicted molar refractivity (Wildman–Crippen MR) is 161 cm³/mol. The van der Waals surface area contributed by atoms with Crippen LogP contribution >= 0.6 is 0 Å². The monoisotopic (exact) mass is 584 g/mol. The lowest BCUT2D eigenvalue weighted by atomic mass is 10.0. The van der Waals surface area contributed by atoms with E-state index in [1.807, 2.05) is 54.9 Å². The average molecular weight is 585 g/mol. The molecule has 9 nitrogen and oxygen atoms in total. The highest BCUT2D eigenvalue weighted by molar-refractivity contribution is 5.72. The van der Waals surface area contributed by atoms with E-state index in [4.69, 9.17) is 23.9 Å². The molecule has 0 bridgehead atoms. The Labute approximate surface area is 248 Å². The van der Waals surface area contributed by atoms with Crippen molar-refractivity contribution in [2.24, 2.45) is 0 Å². The highest BCUT2D eigenvalue weighted by Gasteiger charge is 2.26. The van der Waals surface area contributed by atoms with Crippen molar-refractivity contribution in [3.63, 3.8) is 0 Å². The molecule has 2 aromatic heterocycles. The van der Waals surface area contributed by atoms with Gasteiger partial charge < -0.3 is 23.5 Å². The van der Waals surface area contributed by atoms with Gasteiger partial charge in [0.2, 0.25) is 12.6 Å². The summed E-state index contributed by atoms with van der Waals surface area (Å²) < 4.78 is 40.4. The fraction of sp³-hybridized carbons (Fsp3) is 0.273. The first-order chi connectivity index (χ1) is 20.9. The minimum Gasteiger partial charge on any atom is -0.497 e. The van der Waals surface area contributed by atoms with Crippen molar-refractivity contribution in [2.75, 3.05) is 41.2 Å². The Morgan fingerprint density at radius 3 is 2.49 bits per heavy atom. The zero-order valence-electron chi connectivity index (χ0n) is 24.6. The van der Waals surface area contributed by atoms with E-state index in [1.165, 1.54) is 6.07 Å². The molecule has 0 N–H and O–H groups in total. The summed E-state index contributed by atoms with van der Waals surface area (Å²) >= 11 is 0. The van der Waals surface area contributed by atoms with E-state index in [1.54, 1.807) is 42.9 Å². The fourth-order valence-corrected chi connectivity index (χ4v) is 5.47. The molecule has 1 aliphatic rings. The molecule has 3 heterocycles. The lowest BCUT2D eigenvalue weighted by Gasteiger charge is -2.19. The normalized spacial score (nSPS) is 12.4. The molecule has 6 rings (SSSR count). The Balaban J connectivity index is 1.64. The number of aromatic nitrogens is 3. The van der Waals surface area contributed by atoms with Crippen LogP contribution in [0.25, 0.3) is 28.2 Å². The maximum absolute atomic E-state index is 15.0. The van der Waals surface area contributed by atoms with Gasteiger partial charge >= 0.3 is 0 Å². The van der Waals surface area contributed by atoms with Crippen molar-refractivity contribution in [3.8, 4) is 39.6 Å². The van der Waals surface area contributed by atoms with Gasteiger partial charge in [-0.1, -0.05) is 24.3 Å². The summed E-state index contributed by atoms with van der Waals surface area (Å²) in [5.74, 6) is 2.01. The SMILES string of the molecule is COCCN(C)Cc1c(-c2ccc(OC)cc2)nc2n(Cc3ccccc3F)c(C)c(-c3ccc4c(c3)OCO4)c(=O)n12. The number of hydrogen-bond acceptors (Lipinski definition) is 7. The van der Waals surface area contributed by atoms with Crippen LogP contribution in [-0.2, 0) is 17.8 Å². The number of methoxy groups -OCH3 is 2. The highest BCUT2D eigenvalue weighted by Crippen LogP contribution is 2.37. The molecule has 222 valence electrons. The number of imidazole rings is 1. The van der Waals surface area contributed by atoms with Gasteiger partial charge in [-0.05, 0) is 62.0 Å². The van der Waals surface area contributed by atoms with Crippen molar-refractivity contribution < 1.29 is 23.3 Å². The summed E-state index contributed by atoms with van der Waals surface area (Å²) in [6.45, 7) is 3.77. The van der Waals surface area contributed by atoms with Crippen LogP contribution in [0.15, 0.2) is 71.5 Å². The molecular formula is C33H33FN4O5. The van der Waals surface area contributed by atoms with Crippen LogP contribution in [0.3, 0.4) is 0 Å². The predicted octanol–water partition coefficient (Wildman–Crippen LogP) is 5.14. The summed E-state index contributed by atoms with van der Waals surface area (Å²) in [5.41, 5.74) is 4.28. The van der Waals surface area contributed by atoms with Gasteiger partial charge in [-0.2, -0.15) is 0 Å². The molecule has 0 saturated heterocycles.